The quantitative estimate of drug-likeness (QED) is 0.643. The Morgan fingerprint density at radius 3 is 2.59 bits per heavy atom. The summed E-state index contributed by atoms with van der Waals surface area (Å²) in [4.78, 5) is 0.295. The summed E-state index contributed by atoms with van der Waals surface area (Å²) in [5.74, 6) is 0.740. The van der Waals surface area contributed by atoms with Crippen molar-refractivity contribution in [1.82, 2.24) is 0 Å². The molecule has 29 heavy (non-hydrogen) atoms. The summed E-state index contributed by atoms with van der Waals surface area (Å²) >= 11 is 11.3. The van der Waals surface area contributed by atoms with Gasteiger partial charge in [-0.05, 0) is 48.9 Å². The normalized spacial score (nSPS) is 25.0. The molecule has 0 saturated heterocycles. The number of sulfone groups is 1. The Bertz CT molecular complexity index is 1060. The van der Waals surface area contributed by atoms with Crippen LogP contribution in [0.25, 0.3) is 0 Å². The van der Waals surface area contributed by atoms with E-state index in [9.17, 15) is 8.42 Å². The van der Waals surface area contributed by atoms with E-state index in [1.165, 1.54) is 12.1 Å². The standard InChI is InChI=1S/C20H20ClNO5S2/c1-2-25-10-20(19(22)28)17(12-3-8-15-16(9-12)27-11-26-15)18(20)29(23,24)14-6-4-13(21)5-7-14/h3-9,17-18H,2,10-11H2,1H3,(H2,22,28)/t17-,18+,20-/m0/s1. The maximum absolute atomic E-state index is 13.5. The lowest BCUT2D eigenvalue weighted by Crippen LogP contribution is -2.33. The maximum Gasteiger partial charge on any atom is 0.231 e. The van der Waals surface area contributed by atoms with Crippen LogP contribution in [0.15, 0.2) is 47.4 Å². The van der Waals surface area contributed by atoms with Gasteiger partial charge in [-0.3, -0.25) is 0 Å². The molecule has 1 saturated carbocycles. The first-order valence-corrected chi connectivity index (χ1v) is 11.4. The molecular formula is C20H20ClNO5S2. The number of benzene rings is 2. The summed E-state index contributed by atoms with van der Waals surface area (Å²) in [5, 5.41) is -0.386. The summed E-state index contributed by atoms with van der Waals surface area (Å²) in [5.41, 5.74) is 5.88. The molecule has 0 amide bonds. The Morgan fingerprint density at radius 1 is 1.24 bits per heavy atom. The molecule has 2 aromatic rings. The fourth-order valence-electron chi connectivity index (χ4n) is 4.02. The molecule has 1 fully saturated rings. The third-order valence-electron chi connectivity index (χ3n) is 5.49. The van der Waals surface area contributed by atoms with Gasteiger partial charge in [0.1, 0.15) is 0 Å². The van der Waals surface area contributed by atoms with Crippen molar-refractivity contribution in [1.29, 1.82) is 0 Å². The van der Waals surface area contributed by atoms with E-state index in [0.29, 0.717) is 23.1 Å². The highest BCUT2D eigenvalue weighted by atomic mass is 35.5. The molecule has 0 spiro atoms. The largest absolute Gasteiger partial charge is 0.454 e. The monoisotopic (exact) mass is 453 g/mol. The van der Waals surface area contributed by atoms with Crippen molar-refractivity contribution in [2.24, 2.45) is 11.1 Å². The number of thiocarbonyl (C=S) groups is 1. The topological polar surface area (TPSA) is 87.9 Å². The zero-order valence-electron chi connectivity index (χ0n) is 15.6. The van der Waals surface area contributed by atoms with Crippen LogP contribution in [0.2, 0.25) is 5.02 Å². The van der Waals surface area contributed by atoms with Crippen LogP contribution in [0.5, 0.6) is 11.5 Å². The molecule has 2 aromatic carbocycles. The second kappa shape index (κ2) is 7.43. The van der Waals surface area contributed by atoms with Crippen molar-refractivity contribution < 1.29 is 22.6 Å². The molecule has 0 bridgehead atoms. The van der Waals surface area contributed by atoms with Gasteiger partial charge in [0, 0.05) is 17.5 Å². The number of hydrogen-bond acceptors (Lipinski definition) is 6. The van der Waals surface area contributed by atoms with E-state index < -0.39 is 26.4 Å². The molecule has 9 heteroatoms. The lowest BCUT2D eigenvalue weighted by atomic mass is 9.99. The van der Waals surface area contributed by atoms with Crippen molar-refractivity contribution in [3.63, 3.8) is 0 Å². The van der Waals surface area contributed by atoms with Gasteiger partial charge in [0.25, 0.3) is 0 Å². The third-order valence-corrected chi connectivity index (χ3v) is 8.41. The van der Waals surface area contributed by atoms with Gasteiger partial charge in [-0.25, -0.2) is 8.42 Å². The van der Waals surface area contributed by atoms with E-state index >= 15 is 0 Å². The van der Waals surface area contributed by atoms with Crippen LogP contribution in [0.1, 0.15) is 18.4 Å². The highest BCUT2D eigenvalue weighted by Gasteiger charge is 2.73. The van der Waals surface area contributed by atoms with Gasteiger partial charge in [-0.1, -0.05) is 29.9 Å². The predicted octanol–water partition coefficient (Wildman–Crippen LogP) is 3.32. The highest BCUT2D eigenvalue weighted by molar-refractivity contribution is 7.92. The van der Waals surface area contributed by atoms with Gasteiger partial charge < -0.3 is 19.9 Å². The zero-order chi connectivity index (χ0) is 20.8. The molecule has 0 radical (unpaired) electrons. The molecule has 6 nitrogen and oxygen atoms in total. The third kappa shape index (κ3) is 3.28. The summed E-state index contributed by atoms with van der Waals surface area (Å²) in [6.45, 7) is 2.52. The number of fused-ring (bicyclic) bond motifs is 1. The highest BCUT2D eigenvalue weighted by Crippen LogP contribution is 2.65. The zero-order valence-corrected chi connectivity index (χ0v) is 18.0. The van der Waals surface area contributed by atoms with E-state index in [0.717, 1.165) is 5.56 Å². The SMILES string of the molecule is CCOC[C@@]1(C(N)=S)[C@H](S(=O)(=O)c2ccc(Cl)cc2)[C@@H]1c1ccc2c(c1)OCO2. The number of hydrogen-bond donors (Lipinski definition) is 1. The first kappa shape index (κ1) is 20.4. The number of halogens is 1. The molecule has 154 valence electrons. The summed E-state index contributed by atoms with van der Waals surface area (Å²) in [6, 6.07) is 11.5. The molecule has 1 heterocycles. The minimum Gasteiger partial charge on any atom is -0.454 e. The first-order valence-electron chi connectivity index (χ1n) is 9.09. The fourth-order valence-corrected chi connectivity index (χ4v) is 6.92. The van der Waals surface area contributed by atoms with Crippen LogP contribution >= 0.6 is 23.8 Å². The van der Waals surface area contributed by atoms with E-state index in [4.69, 9.17) is 43.8 Å². The Morgan fingerprint density at radius 2 is 1.93 bits per heavy atom. The van der Waals surface area contributed by atoms with E-state index in [-0.39, 0.29) is 23.3 Å². The summed E-state index contributed by atoms with van der Waals surface area (Å²) in [7, 11) is -3.76. The van der Waals surface area contributed by atoms with Gasteiger partial charge in [-0.2, -0.15) is 0 Å². The lowest BCUT2D eigenvalue weighted by Gasteiger charge is -2.17. The van der Waals surface area contributed by atoms with Crippen LogP contribution in [0.3, 0.4) is 0 Å². The minimum atomic E-state index is -3.76. The van der Waals surface area contributed by atoms with Crippen molar-refractivity contribution in [3.05, 3.63) is 53.1 Å². The molecule has 3 atom stereocenters. The summed E-state index contributed by atoms with van der Waals surface area (Å²) in [6.07, 6.45) is 0. The van der Waals surface area contributed by atoms with Crippen molar-refractivity contribution in [2.75, 3.05) is 20.0 Å². The maximum atomic E-state index is 13.5. The first-order chi connectivity index (χ1) is 13.8. The predicted molar refractivity (Wildman–Crippen MR) is 113 cm³/mol. The average Bonchev–Trinajstić information content (AvgIpc) is 3.18. The average molecular weight is 454 g/mol. The second-order valence-corrected chi connectivity index (χ2v) is 10.00. The number of nitrogens with two attached hydrogens (primary N) is 1. The fraction of sp³-hybridized carbons (Fsp3) is 0.350. The van der Waals surface area contributed by atoms with Crippen molar-refractivity contribution in [2.45, 2.75) is 23.0 Å². The minimum absolute atomic E-state index is 0.120. The van der Waals surface area contributed by atoms with Crippen molar-refractivity contribution >= 4 is 38.6 Å². The molecule has 1 aliphatic heterocycles. The van der Waals surface area contributed by atoms with Gasteiger partial charge in [-0.15, -0.1) is 0 Å². The van der Waals surface area contributed by atoms with Crippen LogP contribution in [-0.2, 0) is 14.6 Å². The molecular weight excluding hydrogens is 434 g/mol. The molecule has 0 unspecified atom stereocenters. The van der Waals surface area contributed by atoms with E-state index in [1.54, 1.807) is 24.3 Å². The van der Waals surface area contributed by atoms with E-state index in [2.05, 4.69) is 0 Å². The number of ether oxygens (including phenoxy) is 3. The van der Waals surface area contributed by atoms with Gasteiger partial charge in [0.15, 0.2) is 21.3 Å². The van der Waals surface area contributed by atoms with E-state index in [1.807, 2.05) is 13.0 Å². The van der Waals surface area contributed by atoms with Crippen LogP contribution in [0, 0.1) is 5.41 Å². The molecule has 2 aliphatic rings. The number of rotatable bonds is 7. The van der Waals surface area contributed by atoms with Gasteiger partial charge >= 0.3 is 0 Å². The van der Waals surface area contributed by atoms with Gasteiger partial charge in [0.2, 0.25) is 6.79 Å². The second-order valence-electron chi connectivity index (χ2n) is 7.05. The van der Waals surface area contributed by atoms with Gasteiger partial charge in [0.05, 0.1) is 27.2 Å². The Balaban J connectivity index is 1.80. The van der Waals surface area contributed by atoms with Crippen LogP contribution < -0.4 is 15.2 Å². The van der Waals surface area contributed by atoms with Crippen molar-refractivity contribution in [3.8, 4) is 11.5 Å². The lowest BCUT2D eigenvalue weighted by molar-refractivity contribution is 0.121. The van der Waals surface area contributed by atoms with Crippen LogP contribution in [-0.4, -0.2) is 38.7 Å². The smallest absolute Gasteiger partial charge is 0.231 e. The molecule has 4 rings (SSSR count). The Labute approximate surface area is 179 Å². The summed E-state index contributed by atoms with van der Waals surface area (Å²) < 4.78 is 43.5. The Hall–Kier alpha value is -1.87. The molecule has 1 aliphatic carbocycles. The molecule has 0 aromatic heterocycles. The Kier molecular flexibility index (Phi) is 5.23. The molecule has 2 N–H and O–H groups in total. The van der Waals surface area contributed by atoms with Crippen LogP contribution in [0.4, 0.5) is 0 Å².